The van der Waals surface area contributed by atoms with Crippen LogP contribution in [0.4, 0.5) is 4.79 Å². The van der Waals surface area contributed by atoms with Gasteiger partial charge in [-0.25, -0.2) is 9.59 Å². The molecule has 0 radical (unpaired) electrons. The number of amides is 2. The molecule has 17 heavy (non-hydrogen) atoms. The first-order valence-electron chi connectivity index (χ1n) is 5.93. The van der Waals surface area contributed by atoms with E-state index >= 15 is 0 Å². The second-order valence-corrected chi connectivity index (χ2v) is 5.84. The Balaban J connectivity index is 1.85. The van der Waals surface area contributed by atoms with Gasteiger partial charge in [-0.15, -0.1) is 11.8 Å². The van der Waals surface area contributed by atoms with Gasteiger partial charge in [0.25, 0.3) is 0 Å². The van der Waals surface area contributed by atoms with Crippen LogP contribution < -0.4 is 5.32 Å². The summed E-state index contributed by atoms with van der Waals surface area (Å²) in [6, 6.07) is -0.904. The Morgan fingerprint density at radius 1 is 1.53 bits per heavy atom. The molecule has 0 aromatic rings. The van der Waals surface area contributed by atoms with E-state index in [-0.39, 0.29) is 6.03 Å². The van der Waals surface area contributed by atoms with E-state index in [1.165, 1.54) is 29.5 Å². The van der Waals surface area contributed by atoms with Gasteiger partial charge in [0, 0.05) is 12.3 Å². The van der Waals surface area contributed by atoms with E-state index in [9.17, 15) is 9.59 Å². The highest BCUT2D eigenvalue weighted by molar-refractivity contribution is 7.99. The summed E-state index contributed by atoms with van der Waals surface area (Å²) in [6.45, 7) is 2.81. The van der Waals surface area contributed by atoms with Crippen LogP contribution in [-0.4, -0.2) is 46.2 Å². The Hall–Kier alpha value is -0.910. The van der Waals surface area contributed by atoms with Crippen molar-refractivity contribution in [1.82, 2.24) is 10.2 Å². The minimum atomic E-state index is -0.915. The van der Waals surface area contributed by atoms with E-state index in [1.54, 1.807) is 0 Å². The van der Waals surface area contributed by atoms with Gasteiger partial charge >= 0.3 is 12.0 Å². The molecule has 2 rings (SSSR count). The number of carboxylic acids is 1. The fourth-order valence-corrected chi connectivity index (χ4v) is 3.19. The van der Waals surface area contributed by atoms with E-state index in [0.29, 0.717) is 23.6 Å². The van der Waals surface area contributed by atoms with Crippen LogP contribution in [0.5, 0.6) is 0 Å². The number of nitrogens with zero attached hydrogens (tertiary/aromatic N) is 1. The lowest BCUT2D eigenvalue weighted by Crippen LogP contribution is -2.48. The number of carbonyl (C=O) groups excluding carboxylic acids is 1. The zero-order valence-electron chi connectivity index (χ0n) is 9.94. The van der Waals surface area contributed by atoms with Crippen LogP contribution in [0.25, 0.3) is 0 Å². The number of carboxylic acid groups (broad SMARTS) is 1. The van der Waals surface area contributed by atoms with Crippen LogP contribution in [0.15, 0.2) is 0 Å². The number of aliphatic carboxylic acids is 1. The van der Waals surface area contributed by atoms with Crippen molar-refractivity contribution in [2.24, 2.45) is 5.41 Å². The van der Waals surface area contributed by atoms with E-state index in [2.05, 4.69) is 12.2 Å². The molecule has 2 N–H and O–H groups in total. The Morgan fingerprint density at radius 2 is 2.24 bits per heavy atom. The largest absolute Gasteiger partial charge is 0.480 e. The molecule has 1 atom stereocenters. The van der Waals surface area contributed by atoms with Gasteiger partial charge in [0.15, 0.2) is 0 Å². The Bertz CT molecular complexity index is 331. The van der Waals surface area contributed by atoms with Crippen LogP contribution in [0.3, 0.4) is 0 Å². The van der Waals surface area contributed by atoms with Crippen molar-refractivity contribution in [2.45, 2.75) is 32.2 Å². The molecule has 0 unspecified atom stereocenters. The molecule has 2 amide bonds. The highest BCUT2D eigenvalue weighted by Gasteiger charge is 2.42. The summed E-state index contributed by atoms with van der Waals surface area (Å²) in [5.41, 5.74) is 0.293. The molecule has 0 aromatic heterocycles. The maximum Gasteiger partial charge on any atom is 0.327 e. The Morgan fingerprint density at radius 3 is 2.76 bits per heavy atom. The summed E-state index contributed by atoms with van der Waals surface area (Å²) in [6.07, 6.45) is 3.41. The van der Waals surface area contributed by atoms with E-state index in [4.69, 9.17) is 5.11 Å². The van der Waals surface area contributed by atoms with Crippen LogP contribution in [0.2, 0.25) is 0 Å². The highest BCUT2D eigenvalue weighted by atomic mass is 32.2. The highest BCUT2D eigenvalue weighted by Crippen LogP contribution is 2.47. The average Bonchev–Trinajstić information content (AvgIpc) is 2.91. The van der Waals surface area contributed by atoms with Crippen molar-refractivity contribution >= 4 is 23.8 Å². The maximum atomic E-state index is 11.9. The first-order chi connectivity index (χ1) is 8.08. The molecular weight excluding hydrogens is 240 g/mol. The van der Waals surface area contributed by atoms with Crippen molar-refractivity contribution in [3.05, 3.63) is 0 Å². The van der Waals surface area contributed by atoms with Crippen LogP contribution >= 0.6 is 11.8 Å². The summed E-state index contributed by atoms with van der Waals surface area (Å²) in [5, 5.41) is 11.9. The third-order valence-corrected chi connectivity index (χ3v) is 4.76. The van der Waals surface area contributed by atoms with Crippen LogP contribution in [0, 0.1) is 5.41 Å². The van der Waals surface area contributed by atoms with E-state index < -0.39 is 12.0 Å². The predicted molar refractivity (Wildman–Crippen MR) is 65.9 cm³/mol. The summed E-state index contributed by atoms with van der Waals surface area (Å²) < 4.78 is 0. The van der Waals surface area contributed by atoms with Crippen molar-refractivity contribution in [3.8, 4) is 0 Å². The van der Waals surface area contributed by atoms with Crippen molar-refractivity contribution in [3.63, 3.8) is 0 Å². The standard InChI is InChI=1S/C11H18N2O3S/c1-2-11(3-4-11)6-12-10(16)13-7-17-5-8(13)9(14)15/h8H,2-7H2,1H3,(H,12,16)(H,14,15)/t8-/m0/s1. The fraction of sp³-hybridized carbons (Fsp3) is 0.818. The zero-order valence-corrected chi connectivity index (χ0v) is 10.8. The molecule has 5 nitrogen and oxygen atoms in total. The molecule has 1 aliphatic heterocycles. The molecule has 0 spiro atoms. The topological polar surface area (TPSA) is 69.6 Å². The lowest BCUT2D eigenvalue weighted by Gasteiger charge is -2.22. The van der Waals surface area contributed by atoms with Gasteiger partial charge in [-0.05, 0) is 24.7 Å². The third-order valence-electron chi connectivity index (χ3n) is 3.75. The molecule has 1 heterocycles. The Kier molecular flexibility index (Phi) is 3.51. The maximum absolute atomic E-state index is 11.9. The van der Waals surface area contributed by atoms with Crippen molar-refractivity contribution in [1.29, 1.82) is 0 Å². The molecule has 2 aliphatic rings. The van der Waals surface area contributed by atoms with Gasteiger partial charge in [-0.1, -0.05) is 6.92 Å². The molecule has 0 bridgehead atoms. The van der Waals surface area contributed by atoms with E-state index in [1.807, 2.05) is 0 Å². The van der Waals surface area contributed by atoms with Gasteiger partial charge in [-0.2, -0.15) is 0 Å². The molecule has 0 aromatic carbocycles. The first kappa shape index (κ1) is 12.5. The number of hydrogen-bond acceptors (Lipinski definition) is 3. The lowest BCUT2D eigenvalue weighted by atomic mass is 10.0. The minimum absolute atomic E-state index is 0.234. The second-order valence-electron chi connectivity index (χ2n) is 4.84. The Labute approximate surface area is 105 Å². The summed E-state index contributed by atoms with van der Waals surface area (Å²) in [4.78, 5) is 24.3. The van der Waals surface area contributed by atoms with Gasteiger partial charge in [-0.3, -0.25) is 0 Å². The lowest BCUT2D eigenvalue weighted by molar-refractivity contribution is -0.140. The predicted octanol–water partition coefficient (Wildman–Crippen LogP) is 1.35. The van der Waals surface area contributed by atoms with Crippen molar-refractivity contribution < 1.29 is 14.7 Å². The number of nitrogens with one attached hydrogen (secondary N) is 1. The molecule has 1 saturated heterocycles. The van der Waals surface area contributed by atoms with Gasteiger partial charge < -0.3 is 15.3 Å². The number of rotatable bonds is 4. The van der Waals surface area contributed by atoms with E-state index in [0.717, 1.165) is 6.42 Å². The molecule has 6 heteroatoms. The molecule has 2 fully saturated rings. The third kappa shape index (κ3) is 2.68. The summed E-state index contributed by atoms with van der Waals surface area (Å²) in [5.74, 6) is 0.0469. The average molecular weight is 258 g/mol. The first-order valence-corrected chi connectivity index (χ1v) is 7.08. The SMILES string of the molecule is CCC1(CNC(=O)N2CSC[C@H]2C(=O)O)CC1. The number of hydrogen-bond donors (Lipinski definition) is 2. The monoisotopic (exact) mass is 258 g/mol. The number of thioether (sulfide) groups is 1. The zero-order chi connectivity index (χ0) is 12.5. The summed E-state index contributed by atoms with van der Waals surface area (Å²) >= 11 is 1.49. The quantitative estimate of drug-likeness (QED) is 0.798. The van der Waals surface area contributed by atoms with Crippen molar-refractivity contribution in [2.75, 3.05) is 18.2 Å². The van der Waals surface area contributed by atoms with Crippen LogP contribution in [-0.2, 0) is 4.79 Å². The van der Waals surface area contributed by atoms with Gasteiger partial charge in [0.1, 0.15) is 6.04 Å². The van der Waals surface area contributed by atoms with Gasteiger partial charge in [0.05, 0.1) is 5.88 Å². The number of carbonyl (C=O) groups is 2. The second kappa shape index (κ2) is 4.76. The fourth-order valence-electron chi connectivity index (χ4n) is 2.04. The smallest absolute Gasteiger partial charge is 0.327 e. The molecule has 96 valence electrons. The minimum Gasteiger partial charge on any atom is -0.480 e. The molecular formula is C11H18N2O3S. The molecule has 1 saturated carbocycles. The number of urea groups is 1. The summed E-state index contributed by atoms with van der Waals surface area (Å²) in [7, 11) is 0. The normalized spacial score (nSPS) is 25.7. The van der Waals surface area contributed by atoms with Gasteiger partial charge in [0.2, 0.25) is 0 Å². The molecule has 1 aliphatic carbocycles. The van der Waals surface area contributed by atoms with Crippen LogP contribution in [0.1, 0.15) is 26.2 Å².